The number of non-ortho nitro benzene ring substituents is 1. The quantitative estimate of drug-likeness (QED) is 0.593. The summed E-state index contributed by atoms with van der Waals surface area (Å²) >= 11 is 0. The number of hydrogen-bond acceptors (Lipinski definition) is 5. The molecule has 0 aromatic heterocycles. The Morgan fingerprint density at radius 3 is 2.69 bits per heavy atom. The molecule has 1 atom stereocenters. The lowest BCUT2D eigenvalue weighted by Gasteiger charge is -2.31. The fraction of sp³-hybridized carbons (Fsp3) is 0.350. The molecule has 0 bridgehead atoms. The van der Waals surface area contributed by atoms with E-state index < -0.39 is 20.9 Å². The number of piperidine rings is 1. The summed E-state index contributed by atoms with van der Waals surface area (Å²) in [5.41, 5.74) is 1.72. The molecule has 1 amide bonds. The highest BCUT2D eigenvalue weighted by Crippen LogP contribution is 2.27. The maximum Gasteiger partial charge on any atom is 0.271 e. The van der Waals surface area contributed by atoms with Crippen LogP contribution in [0.25, 0.3) is 0 Å². The predicted octanol–water partition coefficient (Wildman–Crippen LogP) is 3.25. The minimum absolute atomic E-state index is 0.0798. The lowest BCUT2D eigenvalue weighted by molar-refractivity contribution is -0.384. The number of aryl methyl sites for hydroxylation is 2. The molecule has 1 aliphatic rings. The SMILES string of the molecule is Cc1ccc(C)c(S(=O)(=O)N2CCC[C@H](C(=O)Nc3cccc([N+](=O)[O-])c3)C2)c1. The fourth-order valence-electron chi connectivity index (χ4n) is 3.44. The van der Waals surface area contributed by atoms with Gasteiger partial charge < -0.3 is 5.32 Å². The van der Waals surface area contributed by atoms with Gasteiger partial charge in [-0.1, -0.05) is 18.2 Å². The molecule has 1 heterocycles. The standard InChI is InChI=1S/C20H23N3O5S/c1-14-8-9-15(2)19(11-14)29(27,28)22-10-4-5-16(13-22)20(24)21-17-6-3-7-18(12-17)23(25)26/h3,6-9,11-12,16H,4-5,10,13H2,1-2H3,(H,21,24)/t16-/m0/s1. The van der Waals surface area contributed by atoms with Crippen molar-refractivity contribution in [2.24, 2.45) is 5.92 Å². The van der Waals surface area contributed by atoms with Gasteiger partial charge in [-0.05, 0) is 49.9 Å². The van der Waals surface area contributed by atoms with E-state index in [4.69, 9.17) is 0 Å². The molecule has 154 valence electrons. The molecule has 8 nitrogen and oxygen atoms in total. The van der Waals surface area contributed by atoms with Gasteiger partial charge in [-0.15, -0.1) is 0 Å². The number of amides is 1. The topological polar surface area (TPSA) is 110 Å². The highest BCUT2D eigenvalue weighted by molar-refractivity contribution is 7.89. The van der Waals surface area contributed by atoms with Gasteiger partial charge in [-0.3, -0.25) is 14.9 Å². The fourth-order valence-corrected chi connectivity index (χ4v) is 5.27. The molecule has 0 aliphatic carbocycles. The molecule has 2 aromatic rings. The highest BCUT2D eigenvalue weighted by atomic mass is 32.2. The van der Waals surface area contributed by atoms with E-state index in [9.17, 15) is 23.3 Å². The molecule has 0 spiro atoms. The summed E-state index contributed by atoms with van der Waals surface area (Å²) < 4.78 is 27.6. The minimum atomic E-state index is -3.71. The lowest BCUT2D eigenvalue weighted by atomic mass is 9.98. The van der Waals surface area contributed by atoms with Gasteiger partial charge >= 0.3 is 0 Å². The number of nitrogens with zero attached hydrogens (tertiary/aromatic N) is 2. The molecule has 2 aromatic carbocycles. The Kier molecular flexibility index (Phi) is 5.99. The first-order valence-electron chi connectivity index (χ1n) is 9.31. The molecular formula is C20H23N3O5S. The van der Waals surface area contributed by atoms with E-state index in [1.807, 2.05) is 13.0 Å². The molecular weight excluding hydrogens is 394 g/mol. The van der Waals surface area contributed by atoms with Gasteiger partial charge in [0.15, 0.2) is 0 Å². The number of sulfonamides is 1. The van der Waals surface area contributed by atoms with Gasteiger partial charge in [0, 0.05) is 30.9 Å². The summed E-state index contributed by atoms with van der Waals surface area (Å²) in [6.45, 7) is 4.03. The number of carbonyl (C=O) groups is 1. The van der Waals surface area contributed by atoms with Crippen LogP contribution in [-0.4, -0.2) is 36.6 Å². The number of nitro benzene ring substituents is 1. The number of carbonyl (C=O) groups excluding carboxylic acids is 1. The molecule has 1 fully saturated rings. The molecule has 0 radical (unpaired) electrons. The van der Waals surface area contributed by atoms with Gasteiger partial charge in [-0.25, -0.2) is 8.42 Å². The van der Waals surface area contributed by atoms with Crippen molar-refractivity contribution < 1.29 is 18.1 Å². The van der Waals surface area contributed by atoms with Gasteiger partial charge in [0.1, 0.15) is 0 Å². The van der Waals surface area contributed by atoms with E-state index >= 15 is 0 Å². The Hall–Kier alpha value is -2.78. The van der Waals surface area contributed by atoms with Crippen LogP contribution in [-0.2, 0) is 14.8 Å². The van der Waals surface area contributed by atoms with Gasteiger partial charge in [0.05, 0.1) is 15.7 Å². The Morgan fingerprint density at radius 1 is 1.21 bits per heavy atom. The van der Waals surface area contributed by atoms with Crippen LogP contribution < -0.4 is 5.32 Å². The van der Waals surface area contributed by atoms with Crippen LogP contribution in [0.2, 0.25) is 0 Å². The molecule has 9 heteroatoms. The van der Waals surface area contributed by atoms with Gasteiger partial charge in [-0.2, -0.15) is 4.31 Å². The zero-order valence-electron chi connectivity index (χ0n) is 16.3. The highest BCUT2D eigenvalue weighted by Gasteiger charge is 2.34. The first-order valence-corrected chi connectivity index (χ1v) is 10.8. The number of anilines is 1. The van der Waals surface area contributed by atoms with Crippen molar-refractivity contribution in [1.82, 2.24) is 4.31 Å². The number of nitrogens with one attached hydrogen (secondary N) is 1. The minimum Gasteiger partial charge on any atom is -0.326 e. The van der Waals surface area contributed by atoms with Crippen molar-refractivity contribution in [3.05, 3.63) is 63.7 Å². The summed E-state index contributed by atoms with van der Waals surface area (Å²) in [5.74, 6) is -0.866. The van der Waals surface area contributed by atoms with Crippen molar-refractivity contribution in [3.63, 3.8) is 0 Å². The summed E-state index contributed by atoms with van der Waals surface area (Å²) in [7, 11) is -3.71. The molecule has 0 unspecified atom stereocenters. The third-order valence-electron chi connectivity index (χ3n) is 5.04. The van der Waals surface area contributed by atoms with E-state index in [1.165, 1.54) is 22.5 Å². The summed E-state index contributed by atoms with van der Waals surface area (Å²) in [5, 5.41) is 13.6. The van der Waals surface area contributed by atoms with Crippen LogP contribution in [0.5, 0.6) is 0 Å². The zero-order chi connectivity index (χ0) is 21.2. The van der Waals surface area contributed by atoms with Crippen molar-refractivity contribution in [2.75, 3.05) is 18.4 Å². The second-order valence-electron chi connectivity index (χ2n) is 7.27. The van der Waals surface area contributed by atoms with E-state index in [0.717, 1.165) is 5.56 Å². The molecule has 3 rings (SSSR count). The summed E-state index contributed by atoms with van der Waals surface area (Å²) in [4.78, 5) is 23.3. The van der Waals surface area contributed by atoms with Crippen LogP contribution in [0.3, 0.4) is 0 Å². The molecule has 1 saturated heterocycles. The second-order valence-corrected chi connectivity index (χ2v) is 9.17. The number of rotatable bonds is 5. The Bertz CT molecular complexity index is 1050. The Balaban J connectivity index is 1.76. The first kappa shape index (κ1) is 20.9. The normalized spacial score (nSPS) is 17.7. The Morgan fingerprint density at radius 2 is 1.97 bits per heavy atom. The summed E-state index contributed by atoms with van der Waals surface area (Å²) in [6.07, 6.45) is 1.12. The Labute approximate surface area is 169 Å². The molecule has 1 N–H and O–H groups in total. The average molecular weight is 417 g/mol. The van der Waals surface area contributed by atoms with E-state index in [-0.39, 0.29) is 23.0 Å². The lowest BCUT2D eigenvalue weighted by Crippen LogP contribution is -2.43. The average Bonchev–Trinajstić information content (AvgIpc) is 2.70. The van der Waals surface area contributed by atoms with E-state index in [1.54, 1.807) is 25.1 Å². The monoisotopic (exact) mass is 417 g/mol. The van der Waals surface area contributed by atoms with Gasteiger partial charge in [0.2, 0.25) is 15.9 Å². The number of benzene rings is 2. The van der Waals surface area contributed by atoms with Crippen molar-refractivity contribution >= 4 is 27.3 Å². The van der Waals surface area contributed by atoms with E-state index in [2.05, 4.69) is 5.32 Å². The maximum absolute atomic E-state index is 13.1. The summed E-state index contributed by atoms with van der Waals surface area (Å²) in [6, 6.07) is 11.0. The van der Waals surface area contributed by atoms with Gasteiger partial charge in [0.25, 0.3) is 5.69 Å². The van der Waals surface area contributed by atoms with Crippen molar-refractivity contribution in [3.8, 4) is 0 Å². The first-order chi connectivity index (χ1) is 13.7. The third-order valence-corrected chi connectivity index (χ3v) is 7.05. The van der Waals surface area contributed by atoms with E-state index in [0.29, 0.717) is 30.6 Å². The van der Waals surface area contributed by atoms with Crippen LogP contribution >= 0.6 is 0 Å². The van der Waals surface area contributed by atoms with Crippen molar-refractivity contribution in [2.45, 2.75) is 31.6 Å². The van der Waals surface area contributed by atoms with Crippen LogP contribution in [0.1, 0.15) is 24.0 Å². The van der Waals surface area contributed by atoms with Crippen LogP contribution in [0, 0.1) is 29.9 Å². The molecule has 1 aliphatic heterocycles. The number of hydrogen-bond donors (Lipinski definition) is 1. The zero-order valence-corrected chi connectivity index (χ0v) is 17.1. The largest absolute Gasteiger partial charge is 0.326 e. The van der Waals surface area contributed by atoms with Crippen molar-refractivity contribution in [1.29, 1.82) is 0 Å². The van der Waals surface area contributed by atoms with Crippen LogP contribution in [0.15, 0.2) is 47.4 Å². The molecule has 0 saturated carbocycles. The maximum atomic E-state index is 13.1. The molecule has 29 heavy (non-hydrogen) atoms. The third kappa shape index (κ3) is 4.63. The second kappa shape index (κ2) is 8.30. The smallest absolute Gasteiger partial charge is 0.271 e. The predicted molar refractivity (Wildman–Crippen MR) is 109 cm³/mol. The van der Waals surface area contributed by atoms with Crippen LogP contribution in [0.4, 0.5) is 11.4 Å². The number of nitro groups is 1.